The van der Waals surface area contributed by atoms with Gasteiger partial charge in [0.1, 0.15) is 0 Å². The number of hydrogen-bond acceptors (Lipinski definition) is 2. The summed E-state index contributed by atoms with van der Waals surface area (Å²) in [4.78, 5) is 0. The quantitative estimate of drug-likeness (QED) is 0.319. The van der Waals surface area contributed by atoms with Crippen LogP contribution in [0, 0.1) is 0 Å². The van der Waals surface area contributed by atoms with Crippen LogP contribution in [0.5, 0.6) is 0 Å². The van der Waals surface area contributed by atoms with E-state index in [0.717, 1.165) is 0 Å². The van der Waals surface area contributed by atoms with E-state index in [0.29, 0.717) is 0 Å². The first kappa shape index (κ1) is 22.4. The van der Waals surface area contributed by atoms with E-state index in [9.17, 15) is 0 Å². The Kier molecular flexibility index (Phi) is 27.3. The van der Waals surface area contributed by atoms with Gasteiger partial charge in [0.2, 0.25) is 0 Å². The summed E-state index contributed by atoms with van der Waals surface area (Å²) in [7, 11) is -4.67. The summed E-state index contributed by atoms with van der Waals surface area (Å²) in [6.07, 6.45) is 0. The van der Waals surface area contributed by atoms with E-state index in [1.54, 1.807) is 0 Å². The standard InChI is InChI=1S/Ca.K.H2O4S.H2O.3H/c;;1-5(2,3)4;;;;/h;;(H2,1,2,3,4);1H2;;;. The van der Waals surface area contributed by atoms with Gasteiger partial charge in [-0.25, -0.2) is 0 Å². The Hall–Kier alpha value is 2.73. The second-order valence-corrected chi connectivity index (χ2v) is 1.34. The average molecular weight is 198 g/mol. The van der Waals surface area contributed by atoms with Crippen molar-refractivity contribution >= 4 is 99.5 Å². The van der Waals surface area contributed by atoms with Crippen molar-refractivity contribution in [2.75, 3.05) is 0 Å². The molecule has 0 heterocycles. The summed E-state index contributed by atoms with van der Waals surface area (Å²) in [5, 5.41) is 0. The van der Waals surface area contributed by atoms with Gasteiger partial charge in [-0.3, -0.25) is 9.11 Å². The Labute approximate surface area is 120 Å². The van der Waals surface area contributed by atoms with Crippen LogP contribution in [-0.4, -0.2) is 112 Å². The molecule has 0 radical (unpaired) electrons. The van der Waals surface area contributed by atoms with E-state index in [-0.39, 0.29) is 94.6 Å². The van der Waals surface area contributed by atoms with Gasteiger partial charge in [-0.15, -0.1) is 0 Å². The summed E-state index contributed by atoms with van der Waals surface area (Å²) >= 11 is 0. The Balaban J connectivity index is -0.0000000267. The van der Waals surface area contributed by atoms with Crippen LogP contribution in [0.2, 0.25) is 0 Å². The molecular weight excluding hydrogens is 191 g/mol. The Morgan fingerprint density at radius 2 is 1.12 bits per heavy atom. The molecule has 0 bridgehead atoms. The van der Waals surface area contributed by atoms with E-state index in [1.165, 1.54) is 0 Å². The monoisotopic (exact) mass is 198 g/mol. The summed E-state index contributed by atoms with van der Waals surface area (Å²) < 4.78 is 31.6. The Bertz CT molecular complexity index is 95.6. The molecule has 0 aliphatic rings. The molecule has 0 rings (SSSR count). The van der Waals surface area contributed by atoms with Gasteiger partial charge in [0, 0.05) is 0 Å². The molecule has 8 heavy (non-hydrogen) atoms. The zero-order chi connectivity index (χ0) is 4.50. The van der Waals surface area contributed by atoms with Crippen LogP contribution in [-0.2, 0) is 10.4 Å². The molecule has 0 atom stereocenters. The van der Waals surface area contributed by atoms with Gasteiger partial charge in [-0.05, 0) is 0 Å². The normalized spacial score (nSPS) is 7.25. The van der Waals surface area contributed by atoms with Crippen molar-refractivity contribution in [3.8, 4) is 0 Å². The average Bonchev–Trinajstić information content (AvgIpc) is 0.722. The van der Waals surface area contributed by atoms with Gasteiger partial charge in [0.25, 0.3) is 0 Å². The first-order valence-corrected chi connectivity index (χ1v) is 2.10. The van der Waals surface area contributed by atoms with E-state index in [4.69, 9.17) is 17.5 Å². The van der Waals surface area contributed by atoms with Crippen molar-refractivity contribution in [2.45, 2.75) is 0 Å². The topological polar surface area (TPSA) is 106 Å². The molecule has 0 spiro atoms. The van der Waals surface area contributed by atoms with E-state index < -0.39 is 10.4 Å². The zero-order valence-corrected chi connectivity index (χ0v) is 3.44. The molecule has 0 fully saturated rings. The van der Waals surface area contributed by atoms with Gasteiger partial charge < -0.3 is 5.48 Å². The fraction of sp³-hybridized carbons (Fsp3) is 0. The molecule has 0 amide bonds. The van der Waals surface area contributed by atoms with Crippen molar-refractivity contribution in [3.63, 3.8) is 0 Å². The third kappa shape index (κ3) is 70.1. The van der Waals surface area contributed by atoms with Gasteiger partial charge >= 0.3 is 99.5 Å². The van der Waals surface area contributed by atoms with Gasteiger partial charge in [-0.2, -0.15) is 8.42 Å². The van der Waals surface area contributed by atoms with Gasteiger partial charge in [-0.1, -0.05) is 0 Å². The minimum atomic E-state index is -4.67. The third-order valence-corrected chi connectivity index (χ3v) is 0. The molecule has 0 aromatic heterocycles. The molecule has 0 saturated carbocycles. The van der Waals surface area contributed by atoms with Crippen LogP contribution < -0.4 is 0 Å². The number of rotatable bonds is 0. The molecule has 8 heteroatoms. The molecule has 4 N–H and O–H groups in total. The van der Waals surface area contributed by atoms with Crippen LogP contribution in [0.25, 0.3) is 0 Å². The maximum absolute atomic E-state index is 8.74. The maximum atomic E-state index is 8.74. The molecule has 0 unspecified atom stereocenters. The van der Waals surface area contributed by atoms with Crippen molar-refractivity contribution in [1.29, 1.82) is 0 Å². The Morgan fingerprint density at radius 3 is 1.12 bits per heavy atom. The molecule has 0 saturated heterocycles. The first-order valence-electron chi connectivity index (χ1n) is 0.698. The second kappa shape index (κ2) is 9.73. The van der Waals surface area contributed by atoms with Crippen molar-refractivity contribution in [2.24, 2.45) is 0 Å². The van der Waals surface area contributed by atoms with Gasteiger partial charge in [0.05, 0.1) is 0 Å². The molecule has 46 valence electrons. The van der Waals surface area contributed by atoms with Crippen LogP contribution in [0.15, 0.2) is 0 Å². The second-order valence-electron chi connectivity index (χ2n) is 0.448. The molecule has 0 aliphatic heterocycles. The molecule has 0 aliphatic carbocycles. The fourth-order valence-electron chi connectivity index (χ4n) is 0. The van der Waals surface area contributed by atoms with Gasteiger partial charge in [0.15, 0.2) is 0 Å². The van der Waals surface area contributed by atoms with E-state index >= 15 is 0 Å². The minimum absolute atomic E-state index is 0. The predicted molar refractivity (Wildman–Crippen MR) is 33.5 cm³/mol. The SMILES string of the molecule is O.O=S(=O)(O)O.[CaH2].[KH]. The van der Waals surface area contributed by atoms with E-state index in [1.807, 2.05) is 0 Å². The summed E-state index contributed by atoms with van der Waals surface area (Å²) in [5.41, 5.74) is 0. The fourth-order valence-corrected chi connectivity index (χ4v) is 0. The number of hydrogen-bond donors (Lipinski definition) is 2. The zero-order valence-electron chi connectivity index (χ0n) is 2.62. The van der Waals surface area contributed by atoms with E-state index in [2.05, 4.69) is 0 Å². The molecule has 0 aromatic carbocycles. The molecule has 0 aromatic rings. The van der Waals surface area contributed by atoms with Crippen molar-refractivity contribution < 1.29 is 23.0 Å². The summed E-state index contributed by atoms with van der Waals surface area (Å²) in [6.45, 7) is 0. The summed E-state index contributed by atoms with van der Waals surface area (Å²) in [6, 6.07) is 0. The van der Waals surface area contributed by atoms with Crippen LogP contribution in [0.1, 0.15) is 0 Å². The summed E-state index contributed by atoms with van der Waals surface area (Å²) in [5.74, 6) is 0. The molecule has 5 nitrogen and oxygen atoms in total. The van der Waals surface area contributed by atoms with Crippen molar-refractivity contribution in [3.05, 3.63) is 0 Å². The van der Waals surface area contributed by atoms with Crippen molar-refractivity contribution in [1.82, 2.24) is 0 Å². The van der Waals surface area contributed by atoms with Crippen LogP contribution in [0.4, 0.5) is 0 Å². The van der Waals surface area contributed by atoms with Crippen LogP contribution in [0.3, 0.4) is 0 Å². The Morgan fingerprint density at radius 1 is 1.12 bits per heavy atom. The van der Waals surface area contributed by atoms with Crippen LogP contribution >= 0.6 is 0 Å². The first-order chi connectivity index (χ1) is 2.00. The molecular formula is H7CaKO5S. The third-order valence-electron chi connectivity index (χ3n) is 0. The predicted octanol–water partition coefficient (Wildman–Crippen LogP) is -3.04.